The molecule has 0 saturated heterocycles. The standard InChI is InChI=1S/C17H21N3O3/c1-11(16-9-13-2-5-14(16)8-13)18-19-17(21)10-12-3-6-15(7-4-12)20(22)23/h3-4,6-7,13-14,16H,2,5,8-10H2,1H3,(H,19,21)/b18-11-/t13-,14-,16-/m0/s1. The summed E-state index contributed by atoms with van der Waals surface area (Å²) in [5, 5.41) is 14.9. The largest absolute Gasteiger partial charge is 0.273 e. The average molecular weight is 315 g/mol. The third-order valence-electron chi connectivity index (χ3n) is 5.14. The zero-order valence-electron chi connectivity index (χ0n) is 13.2. The van der Waals surface area contributed by atoms with E-state index in [1.54, 1.807) is 12.1 Å². The van der Waals surface area contributed by atoms with Gasteiger partial charge in [0.2, 0.25) is 5.91 Å². The van der Waals surface area contributed by atoms with Gasteiger partial charge in [0.1, 0.15) is 0 Å². The Hall–Kier alpha value is -2.24. The molecule has 1 aromatic rings. The van der Waals surface area contributed by atoms with Crippen molar-refractivity contribution in [3.8, 4) is 0 Å². The molecule has 3 rings (SSSR count). The lowest BCUT2D eigenvalue weighted by Gasteiger charge is -2.21. The highest BCUT2D eigenvalue weighted by Crippen LogP contribution is 2.48. The first-order chi connectivity index (χ1) is 11.0. The number of hydrazone groups is 1. The van der Waals surface area contributed by atoms with Crippen LogP contribution < -0.4 is 5.43 Å². The molecule has 23 heavy (non-hydrogen) atoms. The summed E-state index contributed by atoms with van der Waals surface area (Å²) < 4.78 is 0. The van der Waals surface area contributed by atoms with E-state index in [-0.39, 0.29) is 18.0 Å². The highest BCUT2D eigenvalue weighted by molar-refractivity contribution is 5.87. The Bertz CT molecular complexity index is 639. The van der Waals surface area contributed by atoms with Crippen molar-refractivity contribution < 1.29 is 9.72 Å². The molecule has 2 aliphatic rings. The lowest BCUT2D eigenvalue weighted by atomic mass is 9.86. The van der Waals surface area contributed by atoms with Gasteiger partial charge in [0.15, 0.2) is 0 Å². The van der Waals surface area contributed by atoms with Gasteiger partial charge in [-0.3, -0.25) is 14.9 Å². The number of non-ortho nitro benzene ring substituents is 1. The summed E-state index contributed by atoms with van der Waals surface area (Å²) in [6.07, 6.45) is 5.33. The third-order valence-corrected chi connectivity index (χ3v) is 5.14. The van der Waals surface area contributed by atoms with E-state index in [9.17, 15) is 14.9 Å². The normalized spacial score (nSPS) is 26.3. The molecule has 6 heteroatoms. The van der Waals surface area contributed by atoms with Crippen LogP contribution in [0.5, 0.6) is 0 Å². The third kappa shape index (κ3) is 3.57. The Balaban J connectivity index is 1.53. The fraction of sp³-hybridized carbons (Fsp3) is 0.529. The van der Waals surface area contributed by atoms with Crippen LogP contribution in [0.25, 0.3) is 0 Å². The molecular formula is C17H21N3O3. The number of hydrogen-bond donors (Lipinski definition) is 1. The second-order valence-corrected chi connectivity index (χ2v) is 6.67. The van der Waals surface area contributed by atoms with E-state index in [2.05, 4.69) is 10.5 Å². The number of fused-ring (bicyclic) bond motifs is 2. The fourth-order valence-electron chi connectivity index (χ4n) is 3.95. The van der Waals surface area contributed by atoms with Crippen molar-refractivity contribution >= 4 is 17.3 Å². The van der Waals surface area contributed by atoms with Crippen LogP contribution in [-0.2, 0) is 11.2 Å². The Morgan fingerprint density at radius 1 is 1.30 bits per heavy atom. The van der Waals surface area contributed by atoms with Gasteiger partial charge in [-0.05, 0) is 43.6 Å². The van der Waals surface area contributed by atoms with Crippen LogP contribution in [0.4, 0.5) is 5.69 Å². The van der Waals surface area contributed by atoms with Crippen molar-refractivity contribution in [3.05, 3.63) is 39.9 Å². The summed E-state index contributed by atoms with van der Waals surface area (Å²) in [6.45, 7) is 2.00. The van der Waals surface area contributed by atoms with Crippen LogP contribution in [0.1, 0.15) is 38.2 Å². The Morgan fingerprint density at radius 3 is 2.61 bits per heavy atom. The van der Waals surface area contributed by atoms with E-state index in [0.717, 1.165) is 23.1 Å². The van der Waals surface area contributed by atoms with E-state index in [4.69, 9.17) is 0 Å². The Morgan fingerprint density at radius 2 is 2.04 bits per heavy atom. The summed E-state index contributed by atoms with van der Waals surface area (Å²) >= 11 is 0. The van der Waals surface area contributed by atoms with Crippen LogP contribution in [0.3, 0.4) is 0 Å². The predicted octanol–water partition coefficient (Wildman–Crippen LogP) is 3.07. The van der Waals surface area contributed by atoms with Crippen molar-refractivity contribution in [2.75, 3.05) is 0 Å². The molecule has 6 nitrogen and oxygen atoms in total. The van der Waals surface area contributed by atoms with Crippen molar-refractivity contribution in [3.63, 3.8) is 0 Å². The van der Waals surface area contributed by atoms with Gasteiger partial charge >= 0.3 is 0 Å². The van der Waals surface area contributed by atoms with Gasteiger partial charge in [0.05, 0.1) is 11.3 Å². The lowest BCUT2D eigenvalue weighted by molar-refractivity contribution is -0.384. The van der Waals surface area contributed by atoms with Gasteiger partial charge in [0.25, 0.3) is 5.69 Å². The first-order valence-corrected chi connectivity index (χ1v) is 8.09. The second kappa shape index (κ2) is 6.48. The van der Waals surface area contributed by atoms with E-state index >= 15 is 0 Å². The summed E-state index contributed by atoms with van der Waals surface area (Å²) in [6, 6.07) is 6.02. The highest BCUT2D eigenvalue weighted by Gasteiger charge is 2.40. The van der Waals surface area contributed by atoms with E-state index in [0.29, 0.717) is 5.92 Å². The fourth-order valence-corrected chi connectivity index (χ4v) is 3.95. The number of rotatable bonds is 5. The smallest absolute Gasteiger partial charge is 0.269 e. The van der Waals surface area contributed by atoms with Gasteiger partial charge < -0.3 is 0 Å². The number of carbonyl (C=O) groups excluding carboxylic acids is 1. The van der Waals surface area contributed by atoms with Gasteiger partial charge in [0, 0.05) is 23.8 Å². The zero-order chi connectivity index (χ0) is 16.4. The number of nitrogens with zero attached hydrogens (tertiary/aromatic N) is 2. The van der Waals surface area contributed by atoms with Crippen molar-refractivity contribution in [1.82, 2.24) is 5.43 Å². The van der Waals surface area contributed by atoms with Crippen molar-refractivity contribution in [2.45, 2.75) is 39.0 Å². The number of benzene rings is 1. The van der Waals surface area contributed by atoms with E-state index < -0.39 is 4.92 Å². The highest BCUT2D eigenvalue weighted by atomic mass is 16.6. The molecule has 0 unspecified atom stereocenters. The maximum atomic E-state index is 12.0. The molecular weight excluding hydrogens is 294 g/mol. The molecule has 2 aliphatic carbocycles. The SMILES string of the molecule is C/C(=N/NC(=O)Cc1ccc([N+](=O)[O-])cc1)[C@@H]1C[C@H]2CC[C@H]1C2. The number of hydrogen-bond acceptors (Lipinski definition) is 4. The molecule has 0 heterocycles. The molecule has 3 atom stereocenters. The molecule has 0 aromatic heterocycles. The topological polar surface area (TPSA) is 84.6 Å². The van der Waals surface area contributed by atoms with Crippen LogP contribution >= 0.6 is 0 Å². The van der Waals surface area contributed by atoms with Gasteiger partial charge in [-0.2, -0.15) is 5.10 Å². The number of nitro benzene ring substituents is 1. The van der Waals surface area contributed by atoms with Gasteiger partial charge in [-0.25, -0.2) is 5.43 Å². The number of nitrogens with one attached hydrogen (secondary N) is 1. The second-order valence-electron chi connectivity index (χ2n) is 6.67. The summed E-state index contributed by atoms with van der Waals surface area (Å²) in [5.41, 5.74) is 4.41. The molecule has 1 aromatic carbocycles. The molecule has 1 amide bonds. The van der Waals surface area contributed by atoms with Crippen LogP contribution in [0, 0.1) is 27.9 Å². The molecule has 0 spiro atoms. The van der Waals surface area contributed by atoms with E-state index in [1.165, 1.54) is 37.8 Å². The molecule has 2 fully saturated rings. The zero-order valence-corrected chi connectivity index (χ0v) is 13.2. The van der Waals surface area contributed by atoms with Gasteiger partial charge in [-0.1, -0.05) is 18.6 Å². The number of nitro groups is 1. The molecule has 122 valence electrons. The summed E-state index contributed by atoms with van der Waals surface area (Å²) in [7, 11) is 0. The first kappa shape index (κ1) is 15.6. The molecule has 2 saturated carbocycles. The first-order valence-electron chi connectivity index (χ1n) is 8.09. The minimum atomic E-state index is -0.452. The molecule has 1 N–H and O–H groups in total. The maximum absolute atomic E-state index is 12.0. The monoisotopic (exact) mass is 315 g/mol. The average Bonchev–Trinajstić information content (AvgIpc) is 3.16. The van der Waals surface area contributed by atoms with Crippen molar-refractivity contribution in [1.29, 1.82) is 0 Å². The van der Waals surface area contributed by atoms with E-state index in [1.807, 2.05) is 6.92 Å². The molecule has 2 bridgehead atoms. The quantitative estimate of drug-likeness (QED) is 0.515. The summed E-state index contributed by atoms with van der Waals surface area (Å²) in [5.74, 6) is 1.93. The molecule has 0 aliphatic heterocycles. The molecule has 0 radical (unpaired) electrons. The van der Waals surface area contributed by atoms with Crippen LogP contribution in [-0.4, -0.2) is 16.5 Å². The number of amides is 1. The minimum Gasteiger partial charge on any atom is -0.273 e. The van der Waals surface area contributed by atoms with Gasteiger partial charge in [-0.15, -0.1) is 0 Å². The number of carbonyl (C=O) groups is 1. The minimum absolute atomic E-state index is 0.0271. The van der Waals surface area contributed by atoms with Crippen molar-refractivity contribution in [2.24, 2.45) is 22.9 Å². The van der Waals surface area contributed by atoms with Crippen LogP contribution in [0.2, 0.25) is 0 Å². The Labute approximate surface area is 135 Å². The predicted molar refractivity (Wildman–Crippen MR) is 87.0 cm³/mol. The Kier molecular flexibility index (Phi) is 4.41. The lowest BCUT2D eigenvalue weighted by Crippen LogP contribution is -2.25. The summed E-state index contributed by atoms with van der Waals surface area (Å²) in [4.78, 5) is 22.1. The van der Waals surface area contributed by atoms with Crippen LogP contribution in [0.15, 0.2) is 29.4 Å². The maximum Gasteiger partial charge on any atom is 0.269 e.